The van der Waals surface area contributed by atoms with E-state index in [0.717, 1.165) is 23.1 Å². The number of alkyl halides is 1. The molecule has 1 unspecified atom stereocenters. The number of anilines is 1. The quantitative estimate of drug-likeness (QED) is 0.254. The highest BCUT2D eigenvalue weighted by molar-refractivity contribution is 8.00. The molecule has 1 aromatic heterocycles. The van der Waals surface area contributed by atoms with E-state index in [0.29, 0.717) is 35.3 Å². The summed E-state index contributed by atoms with van der Waals surface area (Å²) in [6, 6.07) is 13.9. The summed E-state index contributed by atoms with van der Waals surface area (Å²) in [6.45, 7) is 8.17. The maximum Gasteiger partial charge on any atom is 0.335 e. The van der Waals surface area contributed by atoms with E-state index in [2.05, 4.69) is 14.7 Å². The smallest absolute Gasteiger partial charge is 0.335 e. The second kappa shape index (κ2) is 12.9. The van der Waals surface area contributed by atoms with E-state index in [-0.39, 0.29) is 18.6 Å². The second-order valence-corrected chi connectivity index (χ2v) is 9.88. The van der Waals surface area contributed by atoms with Gasteiger partial charge in [-0.3, -0.25) is 4.72 Å². The predicted octanol–water partition coefficient (Wildman–Crippen LogP) is 6.59. The molecule has 4 N–H and O–H groups in total. The van der Waals surface area contributed by atoms with Crippen molar-refractivity contribution in [3.8, 4) is 17.1 Å². The highest BCUT2D eigenvalue weighted by atomic mass is 32.2. The molecule has 0 spiro atoms. The molecule has 9 heteroatoms. The van der Waals surface area contributed by atoms with E-state index in [4.69, 9.17) is 10.5 Å². The van der Waals surface area contributed by atoms with Gasteiger partial charge in [0.05, 0.1) is 11.3 Å². The summed E-state index contributed by atoms with van der Waals surface area (Å²) in [5.74, 6) is -0.359. The number of carboxylic acid groups (broad SMARTS) is 1. The number of nitrogens with one attached hydrogen (secondary N) is 1. The molecule has 4 rings (SSSR count). The lowest BCUT2D eigenvalue weighted by Crippen LogP contribution is -2.41. The minimum atomic E-state index is -1.17. The predicted molar refractivity (Wildman–Crippen MR) is 147 cm³/mol. The number of aromatic carboxylic acids is 1. The number of hydrogen-bond donors (Lipinski definition) is 3. The number of ether oxygens (including phenoxy) is 1. The first-order chi connectivity index (χ1) is 17.7. The monoisotopic (exact) mass is 526 g/mol. The summed E-state index contributed by atoms with van der Waals surface area (Å²) in [4.78, 5) is 21.1. The van der Waals surface area contributed by atoms with Gasteiger partial charge in [0.1, 0.15) is 12.3 Å². The van der Waals surface area contributed by atoms with Crippen LogP contribution in [-0.2, 0) is 0 Å². The van der Waals surface area contributed by atoms with Crippen molar-refractivity contribution in [2.45, 2.75) is 70.0 Å². The number of halogens is 1. The SMILES string of the molecule is CC.Cc1cccc(C)c1-c1cc(OCC(N)CC2(F)CCC2)nc(NSc2cccc(C(=O)O)c2)n1. The molecule has 198 valence electrons. The first-order valence-corrected chi connectivity index (χ1v) is 13.3. The number of carboxylic acids is 1. The maximum absolute atomic E-state index is 14.5. The average Bonchev–Trinajstić information content (AvgIpc) is 2.86. The molecule has 1 aliphatic rings. The number of benzene rings is 2. The number of aryl methyl sites for hydroxylation is 2. The van der Waals surface area contributed by atoms with Crippen molar-refractivity contribution in [3.63, 3.8) is 0 Å². The Morgan fingerprint density at radius 3 is 2.46 bits per heavy atom. The Morgan fingerprint density at radius 2 is 1.84 bits per heavy atom. The standard InChI is InChI=1S/C26H29FN4O3S.C2H6/c1-16-6-3-7-17(2)23(16)21-13-22(34-15-19(28)14-26(27)10-5-11-26)30-25(29-21)31-35-20-9-4-8-18(12-20)24(32)33;1-2/h3-4,6-9,12-13,19H,5,10-11,14-15,28H2,1-2H3,(H,32,33)(H,29,30,31);1-2H3. The van der Waals surface area contributed by atoms with Crippen LogP contribution in [-0.4, -0.2) is 39.4 Å². The third kappa shape index (κ3) is 7.66. The van der Waals surface area contributed by atoms with Crippen molar-refractivity contribution < 1.29 is 19.0 Å². The molecule has 0 bridgehead atoms. The van der Waals surface area contributed by atoms with Crippen LogP contribution in [0.5, 0.6) is 5.88 Å². The first kappa shape index (κ1) is 28.4. The third-order valence-corrected chi connectivity index (χ3v) is 6.88. The van der Waals surface area contributed by atoms with Crippen LogP contribution in [0.15, 0.2) is 53.4 Å². The number of nitrogens with two attached hydrogens (primary N) is 1. The third-order valence-electron chi connectivity index (χ3n) is 6.10. The van der Waals surface area contributed by atoms with Crippen LogP contribution in [0.2, 0.25) is 0 Å². The van der Waals surface area contributed by atoms with Crippen LogP contribution in [0.1, 0.15) is 61.0 Å². The van der Waals surface area contributed by atoms with Crippen molar-refractivity contribution in [1.29, 1.82) is 0 Å². The van der Waals surface area contributed by atoms with Crippen LogP contribution < -0.4 is 15.2 Å². The van der Waals surface area contributed by atoms with Crippen LogP contribution in [0.4, 0.5) is 10.3 Å². The van der Waals surface area contributed by atoms with Gasteiger partial charge in [0.25, 0.3) is 0 Å². The van der Waals surface area contributed by atoms with Crippen LogP contribution in [0.3, 0.4) is 0 Å². The number of carbonyl (C=O) groups is 1. The first-order valence-electron chi connectivity index (χ1n) is 12.5. The molecule has 3 aromatic rings. The molecule has 1 saturated carbocycles. The summed E-state index contributed by atoms with van der Waals surface area (Å²) < 4.78 is 23.4. The molecule has 0 aliphatic heterocycles. The molecule has 0 amide bonds. The van der Waals surface area contributed by atoms with Crippen molar-refractivity contribution in [3.05, 3.63) is 65.2 Å². The fraction of sp³-hybridized carbons (Fsp3) is 0.393. The molecule has 1 aliphatic carbocycles. The largest absolute Gasteiger partial charge is 0.478 e. The van der Waals surface area contributed by atoms with Gasteiger partial charge >= 0.3 is 5.97 Å². The minimum absolute atomic E-state index is 0.141. The minimum Gasteiger partial charge on any atom is -0.478 e. The van der Waals surface area contributed by atoms with E-state index >= 15 is 0 Å². The fourth-order valence-corrected chi connectivity index (χ4v) is 4.81. The number of aromatic nitrogens is 2. The highest BCUT2D eigenvalue weighted by Gasteiger charge is 2.38. The molecule has 0 saturated heterocycles. The lowest BCUT2D eigenvalue weighted by Gasteiger charge is -2.35. The average molecular weight is 527 g/mol. The van der Waals surface area contributed by atoms with Crippen molar-refractivity contribution in [1.82, 2.24) is 9.97 Å². The zero-order valence-corrected chi connectivity index (χ0v) is 22.6. The summed E-state index contributed by atoms with van der Waals surface area (Å²) >= 11 is 1.20. The van der Waals surface area contributed by atoms with Crippen molar-refractivity contribution in [2.24, 2.45) is 5.73 Å². The van der Waals surface area contributed by atoms with E-state index in [1.165, 1.54) is 18.0 Å². The van der Waals surface area contributed by atoms with Gasteiger partial charge in [-0.1, -0.05) is 38.1 Å². The lowest BCUT2D eigenvalue weighted by molar-refractivity contribution is 0.0405. The molecule has 0 radical (unpaired) electrons. The Kier molecular flexibility index (Phi) is 9.88. The summed E-state index contributed by atoms with van der Waals surface area (Å²) in [7, 11) is 0. The number of rotatable bonds is 10. The zero-order chi connectivity index (χ0) is 27.0. The Hall–Kier alpha value is -3.17. The summed E-state index contributed by atoms with van der Waals surface area (Å²) in [5.41, 5.74) is 8.94. The van der Waals surface area contributed by atoms with Gasteiger partial charge < -0.3 is 15.6 Å². The topological polar surface area (TPSA) is 110 Å². The zero-order valence-electron chi connectivity index (χ0n) is 21.8. The molecule has 7 nitrogen and oxygen atoms in total. The van der Waals surface area contributed by atoms with E-state index < -0.39 is 17.7 Å². The fourth-order valence-electron chi connectivity index (χ4n) is 4.17. The van der Waals surface area contributed by atoms with Crippen LogP contribution in [0, 0.1) is 13.8 Å². The molecule has 1 heterocycles. The van der Waals surface area contributed by atoms with Gasteiger partial charge in [0.15, 0.2) is 0 Å². The molecule has 37 heavy (non-hydrogen) atoms. The van der Waals surface area contributed by atoms with Crippen molar-refractivity contribution in [2.75, 3.05) is 11.3 Å². The van der Waals surface area contributed by atoms with E-state index in [1.54, 1.807) is 24.3 Å². The van der Waals surface area contributed by atoms with Gasteiger partial charge in [-0.2, -0.15) is 4.98 Å². The molecular formula is C28H35FN4O3S. The molecule has 1 fully saturated rings. The Balaban J connectivity index is 0.00000186. The maximum atomic E-state index is 14.5. The Morgan fingerprint density at radius 1 is 1.16 bits per heavy atom. The van der Waals surface area contributed by atoms with Crippen LogP contribution >= 0.6 is 11.9 Å². The lowest BCUT2D eigenvalue weighted by atomic mass is 9.78. The molecule has 1 atom stereocenters. The molecular weight excluding hydrogens is 491 g/mol. The van der Waals surface area contributed by atoms with Gasteiger partial charge in [0, 0.05) is 22.6 Å². The summed E-state index contributed by atoms with van der Waals surface area (Å²) in [6.07, 6.45) is 2.28. The van der Waals surface area contributed by atoms with E-state index in [9.17, 15) is 14.3 Å². The van der Waals surface area contributed by atoms with E-state index in [1.807, 2.05) is 45.9 Å². The Bertz CT molecular complexity index is 1200. The number of hydrogen-bond acceptors (Lipinski definition) is 7. The van der Waals surface area contributed by atoms with Crippen LogP contribution in [0.25, 0.3) is 11.3 Å². The highest BCUT2D eigenvalue weighted by Crippen LogP contribution is 2.39. The van der Waals surface area contributed by atoms with Gasteiger partial charge in [-0.15, -0.1) is 0 Å². The molecule has 2 aromatic carbocycles. The normalized spacial score (nSPS) is 14.5. The summed E-state index contributed by atoms with van der Waals surface area (Å²) in [5, 5.41) is 9.23. The second-order valence-electron chi connectivity index (χ2n) is 9.00. The Labute approximate surface area is 222 Å². The van der Waals surface area contributed by atoms with Gasteiger partial charge in [-0.05, 0) is 80.8 Å². The van der Waals surface area contributed by atoms with Crippen molar-refractivity contribution >= 4 is 23.9 Å². The van der Waals surface area contributed by atoms with Gasteiger partial charge in [0.2, 0.25) is 11.8 Å². The van der Waals surface area contributed by atoms with Gasteiger partial charge in [-0.25, -0.2) is 14.2 Å². The number of nitrogens with zero attached hydrogens (tertiary/aromatic N) is 2.